The molecule has 66 valence electrons. The maximum absolute atomic E-state index is 10.7. The van der Waals surface area contributed by atoms with E-state index in [-0.39, 0.29) is 16.0 Å². The Morgan fingerprint density at radius 2 is 2.23 bits per heavy atom. The number of aromatic carboxylic acids is 1. The van der Waals surface area contributed by atoms with Crippen LogP contribution in [0.15, 0.2) is 17.0 Å². The Labute approximate surface area is 85.0 Å². The van der Waals surface area contributed by atoms with Crippen LogP contribution in [-0.2, 0) is 0 Å². The van der Waals surface area contributed by atoms with Crippen molar-refractivity contribution in [1.29, 1.82) is 5.26 Å². The molecule has 0 fully saturated rings. The lowest BCUT2D eigenvalue weighted by Gasteiger charge is -2.02. The molecule has 0 saturated carbocycles. The molecular weight excluding hydrogens is 210 g/mol. The van der Waals surface area contributed by atoms with Gasteiger partial charge in [-0.05, 0) is 12.1 Å². The summed E-state index contributed by atoms with van der Waals surface area (Å²) < 4.78 is 0. The summed E-state index contributed by atoms with van der Waals surface area (Å²) in [5.41, 5.74) is -0.0970. The molecule has 0 aliphatic heterocycles. The highest BCUT2D eigenvalue weighted by Gasteiger charge is 2.14. The average molecular weight is 214 g/mol. The standard InChI is InChI=1S/C8H4ClNO2S/c9-5-1-4(3-10)7(8(11)12)6(13)2-5/h1-2,13H,(H,11,12). The van der Waals surface area contributed by atoms with Crippen LogP contribution in [0.1, 0.15) is 15.9 Å². The van der Waals surface area contributed by atoms with Crippen molar-refractivity contribution in [1.82, 2.24) is 0 Å². The van der Waals surface area contributed by atoms with Crippen molar-refractivity contribution in [2.45, 2.75) is 4.90 Å². The molecule has 0 aromatic heterocycles. The Kier molecular flexibility index (Phi) is 2.81. The number of hydrogen-bond donors (Lipinski definition) is 2. The number of carboxylic acids is 1. The van der Waals surface area contributed by atoms with Crippen LogP contribution < -0.4 is 0 Å². The van der Waals surface area contributed by atoms with Crippen LogP contribution in [0, 0.1) is 11.3 Å². The van der Waals surface area contributed by atoms with Gasteiger partial charge in [0.25, 0.3) is 0 Å². The van der Waals surface area contributed by atoms with Crippen LogP contribution in [0.4, 0.5) is 0 Å². The predicted molar refractivity (Wildman–Crippen MR) is 50.4 cm³/mol. The Morgan fingerprint density at radius 1 is 1.62 bits per heavy atom. The number of halogens is 1. The average Bonchev–Trinajstić information content (AvgIpc) is 2.01. The second kappa shape index (κ2) is 3.69. The fourth-order valence-electron chi connectivity index (χ4n) is 0.905. The van der Waals surface area contributed by atoms with Gasteiger partial charge in [0.2, 0.25) is 0 Å². The van der Waals surface area contributed by atoms with Gasteiger partial charge in [-0.2, -0.15) is 5.26 Å². The molecule has 0 amide bonds. The number of carbonyl (C=O) groups is 1. The van der Waals surface area contributed by atoms with Gasteiger partial charge >= 0.3 is 5.97 Å². The molecule has 13 heavy (non-hydrogen) atoms. The van der Waals surface area contributed by atoms with Crippen LogP contribution in [-0.4, -0.2) is 11.1 Å². The first kappa shape index (κ1) is 9.90. The van der Waals surface area contributed by atoms with E-state index in [4.69, 9.17) is 22.0 Å². The molecule has 0 unspecified atom stereocenters. The predicted octanol–water partition coefficient (Wildman–Crippen LogP) is 2.20. The molecule has 0 aliphatic carbocycles. The number of rotatable bonds is 1. The van der Waals surface area contributed by atoms with Gasteiger partial charge in [0.15, 0.2) is 0 Å². The van der Waals surface area contributed by atoms with Crippen LogP contribution in [0.2, 0.25) is 5.02 Å². The fourth-order valence-corrected chi connectivity index (χ4v) is 1.55. The smallest absolute Gasteiger partial charge is 0.338 e. The number of nitriles is 1. The van der Waals surface area contributed by atoms with Crippen LogP contribution in [0.5, 0.6) is 0 Å². The Balaban J connectivity index is 3.50. The van der Waals surface area contributed by atoms with E-state index in [9.17, 15) is 4.79 Å². The summed E-state index contributed by atoms with van der Waals surface area (Å²) in [6.45, 7) is 0. The van der Waals surface area contributed by atoms with Gasteiger partial charge in [0.1, 0.15) is 6.07 Å². The normalized spacial score (nSPS) is 9.31. The first-order valence-corrected chi connectivity index (χ1v) is 4.04. The Hall–Kier alpha value is -1.18. The summed E-state index contributed by atoms with van der Waals surface area (Å²) >= 11 is 9.53. The third-order valence-electron chi connectivity index (χ3n) is 1.42. The second-order valence-corrected chi connectivity index (χ2v) is 3.18. The lowest BCUT2D eigenvalue weighted by molar-refractivity contribution is 0.0693. The maximum Gasteiger partial charge on any atom is 0.338 e. The molecule has 1 rings (SSSR count). The molecule has 0 bridgehead atoms. The molecule has 3 nitrogen and oxygen atoms in total. The third kappa shape index (κ3) is 1.94. The summed E-state index contributed by atoms with van der Waals surface area (Å²) in [5.74, 6) is -1.18. The summed E-state index contributed by atoms with van der Waals surface area (Å²) in [4.78, 5) is 10.9. The third-order valence-corrected chi connectivity index (χ3v) is 1.99. The number of benzene rings is 1. The molecule has 0 atom stereocenters. The van der Waals surface area contributed by atoms with E-state index in [0.29, 0.717) is 5.02 Å². The van der Waals surface area contributed by atoms with Crippen molar-refractivity contribution in [2.75, 3.05) is 0 Å². The number of hydrogen-bond acceptors (Lipinski definition) is 3. The minimum Gasteiger partial charge on any atom is -0.478 e. The van der Waals surface area contributed by atoms with Crippen molar-refractivity contribution in [3.05, 3.63) is 28.3 Å². The van der Waals surface area contributed by atoms with Gasteiger partial charge < -0.3 is 5.11 Å². The highest BCUT2D eigenvalue weighted by molar-refractivity contribution is 7.80. The van der Waals surface area contributed by atoms with E-state index >= 15 is 0 Å². The number of thiol groups is 1. The quantitative estimate of drug-likeness (QED) is 0.703. The minimum atomic E-state index is -1.18. The first-order chi connectivity index (χ1) is 6.06. The Morgan fingerprint density at radius 3 is 2.69 bits per heavy atom. The molecule has 0 aliphatic rings. The van der Waals surface area contributed by atoms with Crippen molar-refractivity contribution < 1.29 is 9.90 Å². The number of nitrogens with zero attached hydrogens (tertiary/aromatic N) is 1. The van der Waals surface area contributed by atoms with Gasteiger partial charge in [-0.1, -0.05) is 11.6 Å². The van der Waals surface area contributed by atoms with Crippen LogP contribution in [0.3, 0.4) is 0 Å². The molecule has 1 aromatic carbocycles. The van der Waals surface area contributed by atoms with Crippen LogP contribution in [0.25, 0.3) is 0 Å². The highest BCUT2D eigenvalue weighted by Crippen LogP contribution is 2.23. The topological polar surface area (TPSA) is 61.1 Å². The largest absolute Gasteiger partial charge is 0.478 e. The van der Waals surface area contributed by atoms with Gasteiger partial charge in [0, 0.05) is 9.92 Å². The minimum absolute atomic E-state index is 0.0185. The first-order valence-electron chi connectivity index (χ1n) is 3.22. The van der Waals surface area contributed by atoms with Crippen molar-refractivity contribution in [3.8, 4) is 6.07 Å². The zero-order valence-corrected chi connectivity index (χ0v) is 7.93. The zero-order valence-electron chi connectivity index (χ0n) is 6.28. The second-order valence-electron chi connectivity index (χ2n) is 2.26. The Bertz CT molecular complexity index is 411. The zero-order chi connectivity index (χ0) is 10.0. The lowest BCUT2D eigenvalue weighted by atomic mass is 10.1. The van der Waals surface area contributed by atoms with E-state index in [2.05, 4.69) is 12.6 Å². The summed E-state index contributed by atoms with van der Waals surface area (Å²) in [7, 11) is 0. The molecule has 0 spiro atoms. The summed E-state index contributed by atoms with van der Waals surface area (Å²) in [5, 5.41) is 17.6. The van der Waals surface area contributed by atoms with E-state index in [1.54, 1.807) is 6.07 Å². The van der Waals surface area contributed by atoms with Gasteiger partial charge in [-0.25, -0.2) is 4.79 Å². The molecular formula is C8H4ClNO2S. The van der Waals surface area contributed by atoms with Crippen LogP contribution >= 0.6 is 24.2 Å². The summed E-state index contributed by atoms with van der Waals surface area (Å²) in [6.07, 6.45) is 0. The van der Waals surface area contributed by atoms with E-state index in [1.807, 2.05) is 0 Å². The van der Waals surface area contributed by atoms with Crippen molar-refractivity contribution in [3.63, 3.8) is 0 Å². The molecule has 0 heterocycles. The van der Waals surface area contributed by atoms with Crippen molar-refractivity contribution >= 4 is 30.2 Å². The van der Waals surface area contributed by atoms with Gasteiger partial charge in [-0.3, -0.25) is 0 Å². The van der Waals surface area contributed by atoms with Gasteiger partial charge in [-0.15, -0.1) is 12.6 Å². The molecule has 0 radical (unpaired) electrons. The fraction of sp³-hybridized carbons (Fsp3) is 0. The molecule has 1 aromatic rings. The molecule has 0 saturated heterocycles. The maximum atomic E-state index is 10.7. The van der Waals surface area contributed by atoms with E-state index < -0.39 is 5.97 Å². The van der Waals surface area contributed by atoms with Crippen molar-refractivity contribution in [2.24, 2.45) is 0 Å². The monoisotopic (exact) mass is 213 g/mol. The van der Waals surface area contributed by atoms with E-state index in [1.165, 1.54) is 12.1 Å². The SMILES string of the molecule is N#Cc1cc(Cl)cc(S)c1C(=O)O. The summed E-state index contributed by atoms with van der Waals surface area (Å²) in [6, 6.07) is 4.42. The molecule has 1 N–H and O–H groups in total. The van der Waals surface area contributed by atoms with Gasteiger partial charge in [0.05, 0.1) is 11.1 Å². The molecule has 5 heteroatoms. The highest BCUT2D eigenvalue weighted by atomic mass is 35.5. The number of carboxylic acid groups (broad SMARTS) is 1. The van der Waals surface area contributed by atoms with E-state index in [0.717, 1.165) is 0 Å². The lowest BCUT2D eigenvalue weighted by Crippen LogP contribution is -2.01.